The van der Waals surface area contributed by atoms with Crippen molar-refractivity contribution in [2.75, 3.05) is 0 Å². The Morgan fingerprint density at radius 3 is 1.61 bits per heavy atom. The van der Waals surface area contributed by atoms with Crippen LogP contribution < -0.4 is 0 Å². The molecule has 6 aromatic carbocycles. The molecule has 3 nitrogen and oxygen atoms in total. The molecule has 0 aliphatic carbocycles. The first-order valence-electron chi connectivity index (χ1n) is 14.9. The molecule has 0 saturated heterocycles. The average molecular weight is 560 g/mol. The Kier molecular flexibility index (Phi) is 5.50. The fourth-order valence-corrected chi connectivity index (χ4v) is 6.26. The predicted molar refractivity (Wildman–Crippen MR) is 184 cm³/mol. The highest BCUT2D eigenvalue weighted by atomic mass is 14.8. The van der Waals surface area contributed by atoms with Crippen LogP contribution in [0.3, 0.4) is 0 Å². The van der Waals surface area contributed by atoms with Gasteiger partial charge in [0.1, 0.15) is 0 Å². The van der Waals surface area contributed by atoms with Gasteiger partial charge in [-0.15, -0.1) is 0 Å². The predicted octanol–water partition coefficient (Wildman–Crippen LogP) is 10.6. The van der Waals surface area contributed by atoms with Crippen molar-refractivity contribution in [3.8, 4) is 33.6 Å². The quantitative estimate of drug-likeness (QED) is 0.160. The number of nitrogens with zero attached hydrogens (tertiary/aromatic N) is 3. The van der Waals surface area contributed by atoms with Crippen LogP contribution in [0, 0.1) is 0 Å². The molecular formula is C41H25N3. The molecule has 0 bridgehead atoms. The van der Waals surface area contributed by atoms with Crippen LogP contribution in [0.5, 0.6) is 0 Å². The standard InChI is InChI=1S/C41H25N3/c1-2-7-29-22-31(15-12-26(29)6-1)30-9-5-10-33(23-30)37-19-16-27-13-14-28-17-20-38(44-41(28)40(27)43-37)34-18-21-39-35(25-34)24-32-8-3-4-11-36(32)42-39/h1-25H. The molecule has 0 aliphatic heterocycles. The number of pyridine rings is 3. The van der Waals surface area contributed by atoms with E-state index in [4.69, 9.17) is 15.0 Å². The fourth-order valence-electron chi connectivity index (χ4n) is 6.26. The molecule has 0 radical (unpaired) electrons. The van der Waals surface area contributed by atoms with Gasteiger partial charge in [0, 0.05) is 32.7 Å². The van der Waals surface area contributed by atoms with Crippen LogP contribution in [0.2, 0.25) is 0 Å². The third-order valence-electron chi connectivity index (χ3n) is 8.57. The van der Waals surface area contributed by atoms with Crippen molar-refractivity contribution in [2.45, 2.75) is 0 Å². The molecule has 44 heavy (non-hydrogen) atoms. The molecule has 0 N–H and O–H groups in total. The van der Waals surface area contributed by atoms with Crippen molar-refractivity contribution in [1.82, 2.24) is 15.0 Å². The monoisotopic (exact) mass is 559 g/mol. The van der Waals surface area contributed by atoms with E-state index in [-0.39, 0.29) is 0 Å². The lowest BCUT2D eigenvalue weighted by atomic mass is 9.98. The molecule has 0 aliphatic rings. The van der Waals surface area contributed by atoms with Gasteiger partial charge in [-0.3, -0.25) is 0 Å². The smallest absolute Gasteiger partial charge is 0.0972 e. The summed E-state index contributed by atoms with van der Waals surface area (Å²) in [6.07, 6.45) is 0. The second-order valence-electron chi connectivity index (χ2n) is 11.3. The van der Waals surface area contributed by atoms with E-state index < -0.39 is 0 Å². The minimum atomic E-state index is 0.907. The molecule has 0 spiro atoms. The van der Waals surface area contributed by atoms with E-state index in [0.717, 1.165) is 66.1 Å². The lowest BCUT2D eigenvalue weighted by Crippen LogP contribution is -1.91. The molecule has 0 atom stereocenters. The molecule has 3 aromatic heterocycles. The van der Waals surface area contributed by atoms with E-state index in [2.05, 4.69) is 146 Å². The Hall–Kier alpha value is -5.93. The Bertz CT molecular complexity index is 2570. The van der Waals surface area contributed by atoms with Gasteiger partial charge < -0.3 is 0 Å². The number of hydrogen-bond acceptors (Lipinski definition) is 3. The molecule has 204 valence electrons. The summed E-state index contributed by atoms with van der Waals surface area (Å²) >= 11 is 0. The Morgan fingerprint density at radius 1 is 0.273 bits per heavy atom. The van der Waals surface area contributed by atoms with Gasteiger partial charge in [-0.05, 0) is 70.4 Å². The summed E-state index contributed by atoms with van der Waals surface area (Å²) in [5.41, 5.74) is 10.2. The maximum Gasteiger partial charge on any atom is 0.0972 e. The topological polar surface area (TPSA) is 38.7 Å². The fraction of sp³-hybridized carbons (Fsp3) is 0. The van der Waals surface area contributed by atoms with Gasteiger partial charge in [0.05, 0.1) is 33.5 Å². The second kappa shape index (κ2) is 9.82. The van der Waals surface area contributed by atoms with E-state index in [9.17, 15) is 0 Å². The summed E-state index contributed by atoms with van der Waals surface area (Å²) in [6, 6.07) is 53.4. The van der Waals surface area contributed by atoms with E-state index >= 15 is 0 Å². The molecule has 3 heterocycles. The summed E-state index contributed by atoms with van der Waals surface area (Å²) in [7, 11) is 0. The van der Waals surface area contributed by atoms with Crippen molar-refractivity contribution in [3.63, 3.8) is 0 Å². The summed E-state index contributed by atoms with van der Waals surface area (Å²) in [5, 5.41) is 6.87. The third kappa shape index (κ3) is 4.18. The van der Waals surface area contributed by atoms with Crippen LogP contribution in [0.1, 0.15) is 0 Å². The van der Waals surface area contributed by atoms with Gasteiger partial charge in [0.25, 0.3) is 0 Å². The highest BCUT2D eigenvalue weighted by molar-refractivity contribution is 6.04. The zero-order valence-corrected chi connectivity index (χ0v) is 23.8. The van der Waals surface area contributed by atoms with Crippen LogP contribution in [-0.4, -0.2) is 15.0 Å². The number of benzene rings is 6. The Labute approximate surface area is 254 Å². The number of rotatable bonds is 3. The first kappa shape index (κ1) is 24.6. The second-order valence-corrected chi connectivity index (χ2v) is 11.3. The van der Waals surface area contributed by atoms with Gasteiger partial charge in [0.2, 0.25) is 0 Å². The largest absolute Gasteiger partial charge is 0.248 e. The summed E-state index contributed by atoms with van der Waals surface area (Å²) in [4.78, 5) is 15.2. The molecule has 0 unspecified atom stereocenters. The van der Waals surface area contributed by atoms with Gasteiger partial charge in [0.15, 0.2) is 0 Å². The molecular weight excluding hydrogens is 534 g/mol. The molecule has 9 rings (SSSR count). The van der Waals surface area contributed by atoms with Crippen LogP contribution in [-0.2, 0) is 0 Å². The van der Waals surface area contributed by atoms with E-state index in [0.29, 0.717) is 0 Å². The average Bonchev–Trinajstić information content (AvgIpc) is 3.09. The van der Waals surface area contributed by atoms with E-state index in [1.807, 2.05) is 6.07 Å². The van der Waals surface area contributed by atoms with Gasteiger partial charge in [-0.25, -0.2) is 15.0 Å². The van der Waals surface area contributed by atoms with Gasteiger partial charge in [-0.2, -0.15) is 0 Å². The lowest BCUT2D eigenvalue weighted by molar-refractivity contribution is 1.37. The Morgan fingerprint density at radius 2 is 0.818 bits per heavy atom. The summed E-state index contributed by atoms with van der Waals surface area (Å²) < 4.78 is 0. The minimum Gasteiger partial charge on any atom is -0.248 e. The van der Waals surface area contributed by atoms with Gasteiger partial charge in [-0.1, -0.05) is 103 Å². The van der Waals surface area contributed by atoms with Crippen LogP contribution >= 0.6 is 0 Å². The summed E-state index contributed by atoms with van der Waals surface area (Å²) in [5.74, 6) is 0. The highest BCUT2D eigenvalue weighted by Crippen LogP contribution is 2.32. The van der Waals surface area contributed by atoms with E-state index in [1.165, 1.54) is 21.9 Å². The first-order chi connectivity index (χ1) is 21.7. The minimum absolute atomic E-state index is 0.907. The zero-order chi connectivity index (χ0) is 29.0. The maximum atomic E-state index is 5.20. The van der Waals surface area contributed by atoms with E-state index in [1.54, 1.807) is 0 Å². The van der Waals surface area contributed by atoms with Crippen LogP contribution in [0.4, 0.5) is 0 Å². The van der Waals surface area contributed by atoms with Crippen LogP contribution in [0.15, 0.2) is 152 Å². The van der Waals surface area contributed by atoms with Crippen molar-refractivity contribution < 1.29 is 0 Å². The molecule has 9 aromatic rings. The van der Waals surface area contributed by atoms with Crippen molar-refractivity contribution >= 4 is 54.4 Å². The number of aromatic nitrogens is 3. The number of hydrogen-bond donors (Lipinski definition) is 0. The van der Waals surface area contributed by atoms with Crippen molar-refractivity contribution in [3.05, 3.63) is 152 Å². The zero-order valence-electron chi connectivity index (χ0n) is 23.8. The lowest BCUT2D eigenvalue weighted by Gasteiger charge is -2.10. The highest BCUT2D eigenvalue weighted by Gasteiger charge is 2.11. The molecule has 0 amide bonds. The summed E-state index contributed by atoms with van der Waals surface area (Å²) in [6.45, 7) is 0. The number of para-hydroxylation sites is 1. The number of fused-ring (bicyclic) bond motifs is 6. The Balaban J connectivity index is 1.15. The van der Waals surface area contributed by atoms with Crippen LogP contribution in [0.25, 0.3) is 88.0 Å². The van der Waals surface area contributed by atoms with Crippen molar-refractivity contribution in [1.29, 1.82) is 0 Å². The van der Waals surface area contributed by atoms with Gasteiger partial charge >= 0.3 is 0 Å². The molecule has 0 fully saturated rings. The normalized spacial score (nSPS) is 11.6. The first-order valence-corrected chi connectivity index (χ1v) is 14.9. The third-order valence-corrected chi connectivity index (χ3v) is 8.57. The maximum absolute atomic E-state index is 5.20. The molecule has 0 saturated carbocycles. The van der Waals surface area contributed by atoms with Crippen molar-refractivity contribution in [2.24, 2.45) is 0 Å². The SMILES string of the molecule is c1cc(-c2ccc3ccccc3c2)cc(-c2ccc3ccc4ccc(-c5ccc6nc7ccccc7cc6c5)nc4c3n2)c1. The molecule has 3 heteroatoms.